The highest BCUT2D eigenvalue weighted by Crippen LogP contribution is 2.10. The number of fused-ring (bicyclic) bond motifs is 1. The van der Waals surface area contributed by atoms with E-state index in [0.29, 0.717) is 0 Å². The van der Waals surface area contributed by atoms with E-state index < -0.39 is 0 Å². The van der Waals surface area contributed by atoms with Gasteiger partial charge in [0.25, 0.3) is 0 Å². The van der Waals surface area contributed by atoms with Gasteiger partial charge < -0.3 is 8.98 Å². The van der Waals surface area contributed by atoms with Crippen molar-refractivity contribution in [2.45, 2.75) is 19.5 Å². The first-order valence-corrected chi connectivity index (χ1v) is 5.53. The molecule has 3 rings (SSSR count). The van der Waals surface area contributed by atoms with Crippen molar-refractivity contribution in [3.8, 4) is 0 Å². The summed E-state index contributed by atoms with van der Waals surface area (Å²) in [5.74, 6) is 2.11. The second-order valence-corrected chi connectivity index (χ2v) is 4.05. The third-order valence-electron chi connectivity index (χ3n) is 2.96. The van der Waals surface area contributed by atoms with Crippen LogP contribution in [-0.4, -0.2) is 32.8 Å². The number of hydrogen-bond donors (Lipinski definition) is 0. The largest absolute Gasteiger partial charge is 0.468 e. The van der Waals surface area contributed by atoms with Crippen molar-refractivity contribution in [3.05, 3.63) is 36.3 Å². The van der Waals surface area contributed by atoms with Crippen molar-refractivity contribution in [1.82, 2.24) is 19.7 Å². The van der Waals surface area contributed by atoms with Gasteiger partial charge in [0.15, 0.2) is 0 Å². The van der Waals surface area contributed by atoms with Gasteiger partial charge in [0.2, 0.25) is 0 Å². The maximum atomic E-state index is 5.36. The van der Waals surface area contributed by atoms with Crippen LogP contribution in [-0.2, 0) is 19.5 Å². The quantitative estimate of drug-likeness (QED) is 0.752. The second-order valence-electron chi connectivity index (χ2n) is 4.05. The average Bonchev–Trinajstić information content (AvgIpc) is 2.90. The normalized spacial score (nSPS) is 17.0. The first-order chi connectivity index (χ1) is 7.92. The molecule has 0 amide bonds. The van der Waals surface area contributed by atoms with Gasteiger partial charge in [-0.05, 0) is 12.1 Å². The van der Waals surface area contributed by atoms with Gasteiger partial charge in [0.1, 0.15) is 17.9 Å². The van der Waals surface area contributed by atoms with Crippen LogP contribution in [0.15, 0.2) is 29.1 Å². The predicted octanol–water partition coefficient (Wildman–Crippen LogP) is 0.929. The number of nitrogens with zero attached hydrogens (tertiary/aromatic N) is 4. The molecule has 0 fully saturated rings. The molecule has 1 aliphatic heterocycles. The monoisotopic (exact) mass is 218 g/mol. The highest BCUT2D eigenvalue weighted by Gasteiger charge is 2.15. The molecule has 0 unspecified atom stereocenters. The molecule has 0 atom stereocenters. The molecule has 0 radical (unpaired) electrons. The Morgan fingerprint density at radius 1 is 1.31 bits per heavy atom. The molecule has 5 nitrogen and oxygen atoms in total. The molecule has 0 N–H and O–H groups in total. The van der Waals surface area contributed by atoms with Crippen molar-refractivity contribution >= 4 is 0 Å². The van der Waals surface area contributed by atoms with Crippen molar-refractivity contribution < 1.29 is 4.42 Å². The maximum Gasteiger partial charge on any atom is 0.134 e. The maximum absolute atomic E-state index is 5.36. The van der Waals surface area contributed by atoms with Gasteiger partial charge in [-0.1, -0.05) is 0 Å². The zero-order valence-corrected chi connectivity index (χ0v) is 9.04. The van der Waals surface area contributed by atoms with Crippen LogP contribution in [0.1, 0.15) is 11.6 Å². The van der Waals surface area contributed by atoms with Gasteiger partial charge in [-0.2, -0.15) is 0 Å². The zero-order valence-electron chi connectivity index (χ0n) is 9.04. The van der Waals surface area contributed by atoms with Crippen LogP contribution in [0.3, 0.4) is 0 Å². The van der Waals surface area contributed by atoms with Crippen LogP contribution in [0.5, 0.6) is 0 Å². The summed E-state index contributed by atoms with van der Waals surface area (Å²) in [5, 5.41) is 8.03. The molecule has 0 bridgehead atoms. The van der Waals surface area contributed by atoms with Gasteiger partial charge in [-0.3, -0.25) is 4.90 Å². The SMILES string of the molecule is c1coc(CN2CCc3nncn3CC2)c1. The van der Waals surface area contributed by atoms with Gasteiger partial charge in [-0.25, -0.2) is 0 Å². The molecule has 0 aliphatic carbocycles. The Balaban J connectivity index is 1.66. The highest BCUT2D eigenvalue weighted by atomic mass is 16.3. The van der Waals surface area contributed by atoms with E-state index in [4.69, 9.17) is 4.42 Å². The van der Waals surface area contributed by atoms with E-state index in [2.05, 4.69) is 19.7 Å². The third-order valence-corrected chi connectivity index (χ3v) is 2.96. The highest BCUT2D eigenvalue weighted by molar-refractivity contribution is 4.99. The number of aromatic nitrogens is 3. The van der Waals surface area contributed by atoms with Gasteiger partial charge in [0.05, 0.1) is 12.8 Å². The van der Waals surface area contributed by atoms with Crippen LogP contribution in [0.25, 0.3) is 0 Å². The van der Waals surface area contributed by atoms with Crippen LogP contribution in [0.4, 0.5) is 0 Å². The second kappa shape index (κ2) is 4.09. The number of hydrogen-bond acceptors (Lipinski definition) is 4. The smallest absolute Gasteiger partial charge is 0.134 e. The van der Waals surface area contributed by atoms with E-state index in [1.807, 2.05) is 18.5 Å². The molecule has 1 aliphatic rings. The summed E-state index contributed by atoms with van der Waals surface area (Å²) >= 11 is 0. The Labute approximate surface area is 93.7 Å². The van der Waals surface area contributed by atoms with E-state index in [1.54, 1.807) is 6.26 Å². The van der Waals surface area contributed by atoms with Crippen LogP contribution >= 0.6 is 0 Å². The van der Waals surface area contributed by atoms with E-state index in [1.165, 1.54) is 0 Å². The molecule has 3 heterocycles. The molecule has 0 saturated heterocycles. The first-order valence-electron chi connectivity index (χ1n) is 5.53. The van der Waals surface area contributed by atoms with Gasteiger partial charge >= 0.3 is 0 Å². The minimum Gasteiger partial charge on any atom is -0.468 e. The van der Waals surface area contributed by atoms with Crippen LogP contribution < -0.4 is 0 Å². The summed E-state index contributed by atoms with van der Waals surface area (Å²) in [6.45, 7) is 3.87. The van der Waals surface area contributed by atoms with E-state index in [0.717, 1.165) is 44.2 Å². The van der Waals surface area contributed by atoms with Crippen molar-refractivity contribution in [1.29, 1.82) is 0 Å². The Morgan fingerprint density at radius 3 is 3.19 bits per heavy atom. The Kier molecular flexibility index (Phi) is 2.46. The fourth-order valence-electron chi connectivity index (χ4n) is 2.06. The molecule has 2 aromatic rings. The van der Waals surface area contributed by atoms with E-state index in [-0.39, 0.29) is 0 Å². The third kappa shape index (κ3) is 1.86. The summed E-state index contributed by atoms with van der Waals surface area (Å²) in [5.41, 5.74) is 0. The molecule has 5 heteroatoms. The Morgan fingerprint density at radius 2 is 2.31 bits per heavy atom. The summed E-state index contributed by atoms with van der Waals surface area (Å²) < 4.78 is 7.49. The lowest BCUT2D eigenvalue weighted by Crippen LogP contribution is -2.26. The van der Waals surface area contributed by atoms with E-state index in [9.17, 15) is 0 Å². The molecule has 0 saturated carbocycles. The zero-order chi connectivity index (χ0) is 10.8. The lowest BCUT2D eigenvalue weighted by Gasteiger charge is -2.17. The van der Waals surface area contributed by atoms with Gasteiger partial charge in [-0.15, -0.1) is 10.2 Å². The van der Waals surface area contributed by atoms with Crippen LogP contribution in [0, 0.1) is 0 Å². The molecule has 2 aromatic heterocycles. The van der Waals surface area contributed by atoms with E-state index >= 15 is 0 Å². The fourth-order valence-corrected chi connectivity index (χ4v) is 2.06. The van der Waals surface area contributed by atoms with Gasteiger partial charge in [0, 0.05) is 26.1 Å². The summed E-state index contributed by atoms with van der Waals surface area (Å²) in [6, 6.07) is 3.95. The average molecular weight is 218 g/mol. The Hall–Kier alpha value is -1.62. The topological polar surface area (TPSA) is 47.1 Å². The standard InChI is InChI=1S/C11H14N4O/c1-2-10(16-7-1)8-14-4-3-11-13-12-9-15(11)6-5-14/h1-2,7,9H,3-6,8H2. The molecule has 16 heavy (non-hydrogen) atoms. The Bertz CT molecular complexity index is 426. The minimum absolute atomic E-state index is 0.880. The summed E-state index contributed by atoms with van der Waals surface area (Å²) in [7, 11) is 0. The van der Waals surface area contributed by atoms with Crippen LogP contribution in [0.2, 0.25) is 0 Å². The molecule has 0 spiro atoms. The molecular formula is C11H14N4O. The lowest BCUT2D eigenvalue weighted by atomic mass is 10.3. The first kappa shape index (κ1) is 9.59. The van der Waals surface area contributed by atoms with Crippen molar-refractivity contribution in [2.75, 3.05) is 13.1 Å². The van der Waals surface area contributed by atoms with Crippen molar-refractivity contribution in [2.24, 2.45) is 0 Å². The molecular weight excluding hydrogens is 204 g/mol. The fraction of sp³-hybridized carbons (Fsp3) is 0.455. The van der Waals surface area contributed by atoms with Crippen molar-refractivity contribution in [3.63, 3.8) is 0 Å². The lowest BCUT2D eigenvalue weighted by molar-refractivity contribution is 0.248. The number of furan rings is 1. The molecule has 0 aromatic carbocycles. The number of rotatable bonds is 2. The molecule has 84 valence electrons. The summed E-state index contributed by atoms with van der Waals surface area (Å²) in [6.07, 6.45) is 4.49. The summed E-state index contributed by atoms with van der Waals surface area (Å²) in [4.78, 5) is 2.38. The minimum atomic E-state index is 0.880. The predicted molar refractivity (Wildman–Crippen MR) is 57.7 cm³/mol.